The molecule has 1 N–H and O–H groups in total. The van der Waals surface area contributed by atoms with Gasteiger partial charge in [-0.1, -0.05) is 19.9 Å². The number of ketones is 1. The van der Waals surface area contributed by atoms with E-state index in [0.29, 0.717) is 12.3 Å². The molecular weight excluding hydrogens is 241 g/mol. The summed E-state index contributed by atoms with van der Waals surface area (Å²) in [5.41, 5.74) is 1.55. The zero-order valence-corrected chi connectivity index (χ0v) is 11.9. The van der Waals surface area contributed by atoms with Crippen LogP contribution in [0.1, 0.15) is 31.4 Å². The number of hydrogen-bond acceptors (Lipinski definition) is 2. The van der Waals surface area contributed by atoms with Crippen molar-refractivity contribution in [2.45, 2.75) is 33.6 Å². The minimum Gasteiger partial charge on any atom is -0.316 e. The van der Waals surface area contributed by atoms with Crippen molar-refractivity contribution >= 4 is 5.78 Å². The number of carbonyl (C=O) groups is 1. The SMILES string of the molecule is Cc1cc(F)ccc1CC(=O)C1(C(C)C)CCNC1. The molecule has 0 spiro atoms. The van der Waals surface area contributed by atoms with Crippen LogP contribution >= 0.6 is 0 Å². The van der Waals surface area contributed by atoms with Gasteiger partial charge in [-0.2, -0.15) is 0 Å². The molecule has 1 heterocycles. The molecular formula is C16H22FNO. The Morgan fingerprint density at radius 3 is 2.74 bits per heavy atom. The third-order valence-corrected chi connectivity index (χ3v) is 4.50. The molecule has 0 bridgehead atoms. The molecule has 1 aliphatic rings. The average molecular weight is 263 g/mol. The maximum Gasteiger partial charge on any atom is 0.144 e. The molecule has 1 unspecified atom stereocenters. The van der Waals surface area contributed by atoms with E-state index < -0.39 is 0 Å². The third-order valence-electron chi connectivity index (χ3n) is 4.50. The molecule has 2 nitrogen and oxygen atoms in total. The second-order valence-corrected chi connectivity index (χ2v) is 5.91. The van der Waals surface area contributed by atoms with Crippen LogP contribution in [0.4, 0.5) is 4.39 Å². The molecule has 1 saturated heterocycles. The zero-order valence-electron chi connectivity index (χ0n) is 11.9. The van der Waals surface area contributed by atoms with Crippen LogP contribution in [-0.2, 0) is 11.2 Å². The van der Waals surface area contributed by atoms with Gasteiger partial charge in [0.25, 0.3) is 0 Å². The van der Waals surface area contributed by atoms with Gasteiger partial charge in [0.2, 0.25) is 0 Å². The second-order valence-electron chi connectivity index (χ2n) is 5.91. The fraction of sp³-hybridized carbons (Fsp3) is 0.562. The molecule has 1 fully saturated rings. The van der Waals surface area contributed by atoms with Crippen LogP contribution < -0.4 is 5.32 Å². The lowest BCUT2D eigenvalue weighted by atomic mass is 9.71. The van der Waals surface area contributed by atoms with Gasteiger partial charge in [-0.15, -0.1) is 0 Å². The molecule has 1 atom stereocenters. The Morgan fingerprint density at radius 1 is 1.47 bits per heavy atom. The van der Waals surface area contributed by atoms with Crippen LogP contribution in [0, 0.1) is 24.1 Å². The predicted octanol–water partition coefficient (Wildman–Crippen LogP) is 2.88. The Kier molecular flexibility index (Phi) is 4.04. The van der Waals surface area contributed by atoms with E-state index in [4.69, 9.17) is 0 Å². The molecule has 2 rings (SSSR count). The fourth-order valence-electron chi connectivity index (χ4n) is 2.97. The molecule has 3 heteroatoms. The van der Waals surface area contributed by atoms with Crippen molar-refractivity contribution in [2.75, 3.05) is 13.1 Å². The Bertz CT molecular complexity index is 476. The van der Waals surface area contributed by atoms with Gasteiger partial charge in [-0.25, -0.2) is 4.39 Å². The van der Waals surface area contributed by atoms with Crippen molar-refractivity contribution in [1.82, 2.24) is 5.32 Å². The normalized spacial score (nSPS) is 23.0. The maximum atomic E-state index is 13.1. The summed E-state index contributed by atoms with van der Waals surface area (Å²) >= 11 is 0. The Labute approximate surface area is 114 Å². The van der Waals surface area contributed by atoms with Gasteiger partial charge in [0.05, 0.1) is 0 Å². The van der Waals surface area contributed by atoms with Crippen LogP contribution in [0.3, 0.4) is 0 Å². The number of rotatable bonds is 4. The maximum absolute atomic E-state index is 13.1. The first-order valence-electron chi connectivity index (χ1n) is 6.95. The molecule has 1 aromatic carbocycles. The summed E-state index contributed by atoms with van der Waals surface area (Å²) < 4.78 is 13.1. The predicted molar refractivity (Wildman–Crippen MR) is 74.6 cm³/mol. The van der Waals surface area contributed by atoms with Gasteiger partial charge in [-0.3, -0.25) is 4.79 Å². The van der Waals surface area contributed by atoms with Crippen molar-refractivity contribution in [3.63, 3.8) is 0 Å². The first-order chi connectivity index (χ1) is 8.95. The van der Waals surface area contributed by atoms with Crippen molar-refractivity contribution in [1.29, 1.82) is 0 Å². The highest BCUT2D eigenvalue weighted by Crippen LogP contribution is 2.36. The highest BCUT2D eigenvalue weighted by molar-refractivity contribution is 5.88. The van der Waals surface area contributed by atoms with Crippen LogP contribution in [0.5, 0.6) is 0 Å². The molecule has 0 amide bonds. The van der Waals surface area contributed by atoms with Crippen molar-refractivity contribution in [3.05, 3.63) is 35.1 Å². The lowest BCUT2D eigenvalue weighted by Gasteiger charge is -2.31. The second kappa shape index (κ2) is 5.41. The third kappa shape index (κ3) is 2.71. The van der Waals surface area contributed by atoms with E-state index in [0.717, 1.165) is 30.6 Å². The molecule has 0 radical (unpaired) electrons. The van der Waals surface area contributed by atoms with E-state index in [1.807, 2.05) is 6.92 Å². The summed E-state index contributed by atoms with van der Waals surface area (Å²) in [6, 6.07) is 4.67. The number of carbonyl (C=O) groups excluding carboxylic acids is 1. The van der Waals surface area contributed by atoms with Crippen LogP contribution in [-0.4, -0.2) is 18.9 Å². The molecule has 0 saturated carbocycles. The van der Waals surface area contributed by atoms with Gasteiger partial charge in [-0.05, 0) is 49.1 Å². The van der Waals surface area contributed by atoms with Crippen molar-refractivity contribution < 1.29 is 9.18 Å². The first-order valence-corrected chi connectivity index (χ1v) is 6.95. The van der Waals surface area contributed by atoms with Crippen LogP contribution in [0.15, 0.2) is 18.2 Å². The fourth-order valence-corrected chi connectivity index (χ4v) is 2.97. The topological polar surface area (TPSA) is 29.1 Å². The van der Waals surface area contributed by atoms with Crippen LogP contribution in [0.25, 0.3) is 0 Å². The molecule has 19 heavy (non-hydrogen) atoms. The van der Waals surface area contributed by atoms with E-state index in [1.165, 1.54) is 12.1 Å². The lowest BCUT2D eigenvalue weighted by Crippen LogP contribution is -2.39. The number of Topliss-reactive ketones (excluding diaryl/α,β-unsaturated/α-hetero) is 1. The highest BCUT2D eigenvalue weighted by atomic mass is 19.1. The highest BCUT2D eigenvalue weighted by Gasteiger charge is 2.43. The molecule has 0 aliphatic carbocycles. The van der Waals surface area contributed by atoms with Crippen molar-refractivity contribution in [2.24, 2.45) is 11.3 Å². The van der Waals surface area contributed by atoms with E-state index in [-0.39, 0.29) is 17.0 Å². The summed E-state index contributed by atoms with van der Waals surface area (Å²) in [6.07, 6.45) is 1.32. The largest absolute Gasteiger partial charge is 0.316 e. The summed E-state index contributed by atoms with van der Waals surface area (Å²) in [6.45, 7) is 7.77. The van der Waals surface area contributed by atoms with Gasteiger partial charge in [0, 0.05) is 18.4 Å². The minimum absolute atomic E-state index is 0.241. The summed E-state index contributed by atoms with van der Waals surface area (Å²) in [4.78, 5) is 12.7. The standard InChI is InChI=1S/C16H22FNO/c1-11(2)16(6-7-18-10-16)15(19)9-13-4-5-14(17)8-12(13)3/h4-5,8,11,18H,6-7,9-10H2,1-3H3. The van der Waals surface area contributed by atoms with Gasteiger partial charge >= 0.3 is 0 Å². The smallest absolute Gasteiger partial charge is 0.144 e. The minimum atomic E-state index is -0.249. The van der Waals surface area contributed by atoms with E-state index in [1.54, 1.807) is 6.07 Å². The summed E-state index contributed by atoms with van der Waals surface area (Å²) in [7, 11) is 0. The molecule has 1 aromatic rings. The van der Waals surface area contributed by atoms with E-state index >= 15 is 0 Å². The number of nitrogens with one attached hydrogen (secondary N) is 1. The zero-order chi connectivity index (χ0) is 14.0. The summed E-state index contributed by atoms with van der Waals surface area (Å²) in [5.74, 6) is 0.368. The summed E-state index contributed by atoms with van der Waals surface area (Å²) in [5, 5.41) is 3.30. The van der Waals surface area contributed by atoms with Gasteiger partial charge in [0.15, 0.2) is 0 Å². The van der Waals surface area contributed by atoms with E-state index in [2.05, 4.69) is 19.2 Å². The molecule has 104 valence electrons. The van der Waals surface area contributed by atoms with Crippen LogP contribution in [0.2, 0.25) is 0 Å². The molecule has 1 aliphatic heterocycles. The molecule has 0 aromatic heterocycles. The lowest BCUT2D eigenvalue weighted by molar-refractivity contribution is -0.129. The van der Waals surface area contributed by atoms with Crippen molar-refractivity contribution in [3.8, 4) is 0 Å². The Balaban J connectivity index is 2.20. The number of halogens is 1. The van der Waals surface area contributed by atoms with Gasteiger partial charge < -0.3 is 5.32 Å². The number of benzene rings is 1. The Morgan fingerprint density at radius 2 is 2.21 bits per heavy atom. The Hall–Kier alpha value is -1.22. The quantitative estimate of drug-likeness (QED) is 0.905. The number of hydrogen-bond donors (Lipinski definition) is 1. The average Bonchev–Trinajstić information content (AvgIpc) is 2.83. The number of aryl methyl sites for hydroxylation is 1. The monoisotopic (exact) mass is 263 g/mol. The first kappa shape index (κ1) is 14.2. The van der Waals surface area contributed by atoms with E-state index in [9.17, 15) is 9.18 Å². The van der Waals surface area contributed by atoms with Gasteiger partial charge in [0.1, 0.15) is 11.6 Å².